The minimum absolute atomic E-state index is 0.120. The number of aliphatic hydroxyl groups excluding tert-OH is 1. The Balaban J connectivity index is 1.43. The van der Waals surface area contributed by atoms with E-state index in [0.29, 0.717) is 11.8 Å². The molecule has 2 aromatic carbocycles. The lowest BCUT2D eigenvalue weighted by atomic mass is 9.77. The smallest absolute Gasteiger partial charge is 0.117 e. The van der Waals surface area contributed by atoms with Crippen LogP contribution in [-0.4, -0.2) is 14.7 Å². The number of nitrogens with one attached hydrogen (secondary N) is 1. The maximum absolute atomic E-state index is 9.70. The first kappa shape index (κ1) is 18.7. The van der Waals surface area contributed by atoms with Crippen molar-refractivity contribution in [3.63, 3.8) is 0 Å². The fourth-order valence-electron chi connectivity index (χ4n) is 5.10. The number of hydrogen-bond acceptors (Lipinski definition) is 3. The highest BCUT2D eigenvalue weighted by Crippen LogP contribution is 2.43. The number of nitrogens with zero attached hydrogens (tertiary/aromatic N) is 2. The summed E-state index contributed by atoms with van der Waals surface area (Å²) in [6.45, 7) is 3.02. The van der Waals surface area contributed by atoms with Gasteiger partial charge in [0.05, 0.1) is 35.9 Å². The van der Waals surface area contributed by atoms with Crippen LogP contribution in [0.1, 0.15) is 65.9 Å². The molecule has 0 saturated heterocycles. The van der Waals surface area contributed by atoms with Gasteiger partial charge >= 0.3 is 0 Å². The van der Waals surface area contributed by atoms with Gasteiger partial charge in [-0.15, -0.1) is 0 Å². The van der Waals surface area contributed by atoms with E-state index in [1.807, 2.05) is 24.3 Å². The minimum Gasteiger partial charge on any atom is -0.392 e. The monoisotopic (exact) mass is 407 g/mol. The van der Waals surface area contributed by atoms with E-state index in [1.165, 1.54) is 17.1 Å². The van der Waals surface area contributed by atoms with Crippen molar-refractivity contribution in [3.05, 3.63) is 75.8 Å². The van der Waals surface area contributed by atoms with Crippen LogP contribution in [0.4, 0.5) is 5.69 Å². The summed E-state index contributed by atoms with van der Waals surface area (Å²) >= 11 is 6.21. The molecular weight excluding hydrogens is 382 g/mol. The Hall–Kier alpha value is -2.30. The maximum Gasteiger partial charge on any atom is 0.117 e. The zero-order valence-electron chi connectivity index (χ0n) is 16.7. The molecule has 4 nitrogen and oxygen atoms in total. The Labute approximate surface area is 176 Å². The molecule has 1 aliphatic carbocycles. The van der Waals surface area contributed by atoms with Crippen molar-refractivity contribution in [2.75, 3.05) is 5.32 Å². The van der Waals surface area contributed by atoms with Gasteiger partial charge < -0.3 is 10.4 Å². The van der Waals surface area contributed by atoms with Crippen LogP contribution in [0.3, 0.4) is 0 Å². The maximum atomic E-state index is 9.70. The number of halogens is 1. The molecule has 5 heteroatoms. The molecule has 2 heterocycles. The molecule has 1 aliphatic heterocycles. The molecule has 5 rings (SSSR count). The van der Waals surface area contributed by atoms with E-state index in [4.69, 9.17) is 16.6 Å². The molecule has 1 saturated carbocycles. The van der Waals surface area contributed by atoms with Crippen LogP contribution < -0.4 is 5.32 Å². The van der Waals surface area contributed by atoms with Gasteiger partial charge in [-0.25, -0.2) is 4.98 Å². The largest absolute Gasteiger partial charge is 0.392 e. The van der Waals surface area contributed by atoms with E-state index in [9.17, 15) is 5.11 Å². The van der Waals surface area contributed by atoms with Gasteiger partial charge in [-0.3, -0.25) is 4.57 Å². The fraction of sp³-hybridized carbons (Fsp3) is 0.375. The zero-order chi connectivity index (χ0) is 20.0. The van der Waals surface area contributed by atoms with Crippen molar-refractivity contribution in [1.29, 1.82) is 0 Å². The first-order valence-electron chi connectivity index (χ1n) is 10.5. The van der Waals surface area contributed by atoms with Crippen LogP contribution in [0, 0.1) is 6.92 Å². The van der Waals surface area contributed by atoms with Crippen molar-refractivity contribution in [2.24, 2.45) is 0 Å². The van der Waals surface area contributed by atoms with Gasteiger partial charge in [-0.2, -0.15) is 0 Å². The molecule has 0 unspecified atom stereocenters. The molecule has 150 valence electrons. The lowest BCUT2D eigenvalue weighted by Crippen LogP contribution is -2.20. The number of rotatable bonds is 3. The summed E-state index contributed by atoms with van der Waals surface area (Å²) in [5.41, 5.74) is 6.98. The summed E-state index contributed by atoms with van der Waals surface area (Å²) in [6.07, 6.45) is 4.51. The molecule has 1 aromatic heterocycles. The first-order valence-corrected chi connectivity index (χ1v) is 10.8. The molecule has 0 bridgehead atoms. The lowest BCUT2D eigenvalue weighted by molar-refractivity contribution is 0.278. The topological polar surface area (TPSA) is 50.1 Å². The third-order valence-electron chi connectivity index (χ3n) is 6.60. The standard InChI is InChI=1S/C24H26ClN3O/c1-15-23-13-26-21-12-19(25)10-11-22(21)28(23)24(27-15)17-8-6-16(7-9-17)20-5-3-2-4-18(20)14-29/h2-5,10-12,16-17,26,29H,6-9,13-14H2,1H3. The van der Waals surface area contributed by atoms with E-state index in [0.717, 1.165) is 59.9 Å². The molecule has 2 aliphatic rings. The molecule has 3 aromatic rings. The molecule has 0 spiro atoms. The van der Waals surface area contributed by atoms with Crippen LogP contribution >= 0.6 is 11.6 Å². The number of benzene rings is 2. The average Bonchev–Trinajstić information content (AvgIpc) is 3.10. The van der Waals surface area contributed by atoms with Gasteiger partial charge in [-0.05, 0) is 67.9 Å². The van der Waals surface area contributed by atoms with Gasteiger partial charge in [0, 0.05) is 10.9 Å². The number of imidazole rings is 1. The van der Waals surface area contributed by atoms with Crippen LogP contribution in [0.25, 0.3) is 5.69 Å². The molecule has 2 N–H and O–H groups in total. The Morgan fingerprint density at radius 3 is 2.66 bits per heavy atom. The molecule has 0 atom stereocenters. The summed E-state index contributed by atoms with van der Waals surface area (Å²) in [7, 11) is 0. The number of fused-ring (bicyclic) bond motifs is 3. The second kappa shape index (κ2) is 7.51. The summed E-state index contributed by atoms with van der Waals surface area (Å²) in [5.74, 6) is 2.18. The summed E-state index contributed by atoms with van der Waals surface area (Å²) in [5, 5.41) is 13.9. The normalized spacial score (nSPS) is 20.7. The predicted octanol–water partition coefficient (Wildman–Crippen LogP) is 5.69. The molecule has 29 heavy (non-hydrogen) atoms. The Kier molecular flexibility index (Phi) is 4.84. The Morgan fingerprint density at radius 1 is 1.10 bits per heavy atom. The number of anilines is 1. The third-order valence-corrected chi connectivity index (χ3v) is 6.84. The van der Waals surface area contributed by atoms with E-state index < -0.39 is 0 Å². The van der Waals surface area contributed by atoms with Gasteiger partial charge in [0.2, 0.25) is 0 Å². The molecule has 0 amide bonds. The molecular formula is C24H26ClN3O. The van der Waals surface area contributed by atoms with Gasteiger partial charge in [0.15, 0.2) is 0 Å². The minimum atomic E-state index is 0.120. The van der Waals surface area contributed by atoms with Crippen molar-refractivity contribution >= 4 is 17.3 Å². The second-order valence-electron chi connectivity index (χ2n) is 8.26. The number of aromatic nitrogens is 2. The highest BCUT2D eigenvalue weighted by molar-refractivity contribution is 6.31. The van der Waals surface area contributed by atoms with Gasteiger partial charge in [0.25, 0.3) is 0 Å². The van der Waals surface area contributed by atoms with Crippen molar-refractivity contribution in [3.8, 4) is 5.69 Å². The fourth-order valence-corrected chi connectivity index (χ4v) is 5.27. The summed E-state index contributed by atoms with van der Waals surface area (Å²) in [6, 6.07) is 14.4. The highest BCUT2D eigenvalue weighted by atomic mass is 35.5. The number of aliphatic hydroxyl groups is 1. The average molecular weight is 408 g/mol. The van der Waals surface area contributed by atoms with Crippen LogP contribution in [0.5, 0.6) is 0 Å². The third kappa shape index (κ3) is 3.24. The van der Waals surface area contributed by atoms with Crippen LogP contribution in [0.2, 0.25) is 5.02 Å². The quantitative estimate of drug-likeness (QED) is 0.586. The molecule has 1 fully saturated rings. The van der Waals surface area contributed by atoms with E-state index in [-0.39, 0.29) is 6.61 Å². The van der Waals surface area contributed by atoms with Crippen LogP contribution in [-0.2, 0) is 13.2 Å². The summed E-state index contributed by atoms with van der Waals surface area (Å²) < 4.78 is 2.37. The highest BCUT2D eigenvalue weighted by Gasteiger charge is 2.31. The van der Waals surface area contributed by atoms with E-state index in [2.05, 4.69) is 35.0 Å². The second-order valence-corrected chi connectivity index (χ2v) is 8.69. The SMILES string of the molecule is Cc1nc(C2CCC(c3ccccc3CO)CC2)n2c1CNc1cc(Cl)ccc1-2. The summed E-state index contributed by atoms with van der Waals surface area (Å²) in [4.78, 5) is 5.02. The van der Waals surface area contributed by atoms with Crippen molar-refractivity contribution < 1.29 is 5.11 Å². The lowest BCUT2D eigenvalue weighted by Gasteiger charge is -2.31. The van der Waals surface area contributed by atoms with Gasteiger partial charge in [0.1, 0.15) is 5.82 Å². The number of aryl methyl sites for hydroxylation is 1. The van der Waals surface area contributed by atoms with E-state index in [1.54, 1.807) is 0 Å². The molecule has 0 radical (unpaired) electrons. The number of hydrogen-bond donors (Lipinski definition) is 2. The predicted molar refractivity (Wildman–Crippen MR) is 117 cm³/mol. The van der Waals surface area contributed by atoms with Crippen LogP contribution in [0.15, 0.2) is 42.5 Å². The Morgan fingerprint density at radius 2 is 1.86 bits per heavy atom. The van der Waals surface area contributed by atoms with Crippen molar-refractivity contribution in [2.45, 2.75) is 57.6 Å². The first-order chi connectivity index (χ1) is 14.2. The van der Waals surface area contributed by atoms with Gasteiger partial charge in [-0.1, -0.05) is 35.9 Å². The van der Waals surface area contributed by atoms with Crippen molar-refractivity contribution in [1.82, 2.24) is 9.55 Å². The van der Waals surface area contributed by atoms with E-state index >= 15 is 0 Å². The Bertz CT molecular complexity index is 1050. The zero-order valence-corrected chi connectivity index (χ0v) is 17.4.